The summed E-state index contributed by atoms with van der Waals surface area (Å²) in [5.41, 5.74) is 4.68. The van der Waals surface area contributed by atoms with E-state index >= 15 is 0 Å². The van der Waals surface area contributed by atoms with Crippen LogP contribution in [-0.4, -0.2) is 42.5 Å². The molecular formula is C18H27N3O3. The lowest BCUT2D eigenvalue weighted by Gasteiger charge is -2.40. The van der Waals surface area contributed by atoms with Crippen molar-refractivity contribution in [3.05, 3.63) is 0 Å². The third-order valence-corrected chi connectivity index (χ3v) is 6.12. The van der Waals surface area contributed by atoms with E-state index in [-0.39, 0.29) is 29.8 Å². The molecule has 0 unspecified atom stereocenters. The van der Waals surface area contributed by atoms with Crippen molar-refractivity contribution in [1.29, 1.82) is 5.26 Å². The molecule has 1 saturated carbocycles. The minimum Gasteiger partial charge on any atom is -0.377 e. The number of carbonyl (C=O) groups is 2. The van der Waals surface area contributed by atoms with Gasteiger partial charge in [0.25, 0.3) is 0 Å². The topological polar surface area (TPSA) is 96.4 Å². The molecule has 0 aromatic heterocycles. The maximum Gasteiger partial charge on any atom is 0.243 e. The fourth-order valence-electron chi connectivity index (χ4n) is 4.64. The number of nitrogens with two attached hydrogens (primary N) is 1. The molecule has 24 heavy (non-hydrogen) atoms. The van der Waals surface area contributed by atoms with Gasteiger partial charge in [-0.2, -0.15) is 5.26 Å². The zero-order valence-corrected chi connectivity index (χ0v) is 14.2. The standard InChI is InChI=1S/C18H27N3O3/c19-12-18(7-2-1-3-8-18)17(23)21-9-4-13(5-10-21)15-14(16(20)22)6-11-24-15/h13-15H,1-11H2,(H2,20,22)/t14-,15+/m0/s1. The SMILES string of the molecule is N#CC1(C(=O)N2CCC([C@H]3OCC[C@@H]3C(N)=O)CC2)CCCCC1. The number of hydrogen-bond donors (Lipinski definition) is 1. The lowest BCUT2D eigenvalue weighted by Crippen LogP contribution is -2.49. The lowest BCUT2D eigenvalue weighted by atomic mass is 9.73. The summed E-state index contributed by atoms with van der Waals surface area (Å²) >= 11 is 0. The first kappa shape index (κ1) is 17.2. The van der Waals surface area contributed by atoms with Crippen molar-refractivity contribution in [3.63, 3.8) is 0 Å². The predicted octanol–water partition coefficient (Wildman–Crippen LogP) is 1.59. The van der Waals surface area contributed by atoms with Crippen molar-refractivity contribution in [2.45, 2.75) is 57.5 Å². The average Bonchev–Trinajstić information content (AvgIpc) is 3.12. The Kier molecular flexibility index (Phi) is 5.09. The van der Waals surface area contributed by atoms with E-state index in [0.29, 0.717) is 39.0 Å². The Labute approximate surface area is 143 Å². The maximum absolute atomic E-state index is 12.9. The van der Waals surface area contributed by atoms with E-state index < -0.39 is 5.41 Å². The summed E-state index contributed by atoms with van der Waals surface area (Å²) in [5, 5.41) is 9.59. The molecule has 0 radical (unpaired) electrons. The molecule has 0 aromatic rings. The molecule has 0 bridgehead atoms. The van der Waals surface area contributed by atoms with Crippen LogP contribution in [0.3, 0.4) is 0 Å². The van der Waals surface area contributed by atoms with Gasteiger partial charge in [-0.3, -0.25) is 9.59 Å². The first-order valence-corrected chi connectivity index (χ1v) is 9.19. The van der Waals surface area contributed by atoms with Crippen LogP contribution >= 0.6 is 0 Å². The number of ether oxygens (including phenoxy) is 1. The van der Waals surface area contributed by atoms with Gasteiger partial charge < -0.3 is 15.4 Å². The summed E-state index contributed by atoms with van der Waals surface area (Å²) < 4.78 is 5.76. The number of piperidine rings is 1. The van der Waals surface area contributed by atoms with E-state index in [4.69, 9.17) is 10.5 Å². The monoisotopic (exact) mass is 333 g/mol. The average molecular weight is 333 g/mol. The molecule has 1 aliphatic carbocycles. The highest BCUT2D eigenvalue weighted by atomic mass is 16.5. The van der Waals surface area contributed by atoms with Crippen LogP contribution in [0.4, 0.5) is 0 Å². The Morgan fingerprint density at radius 2 is 1.79 bits per heavy atom. The van der Waals surface area contributed by atoms with Crippen molar-refractivity contribution >= 4 is 11.8 Å². The van der Waals surface area contributed by atoms with E-state index in [1.165, 1.54) is 0 Å². The van der Waals surface area contributed by atoms with Crippen LogP contribution in [-0.2, 0) is 14.3 Å². The maximum atomic E-state index is 12.9. The summed E-state index contributed by atoms with van der Waals surface area (Å²) in [6.07, 6.45) is 6.68. The first-order chi connectivity index (χ1) is 11.6. The van der Waals surface area contributed by atoms with E-state index in [0.717, 1.165) is 32.1 Å². The van der Waals surface area contributed by atoms with Gasteiger partial charge in [-0.05, 0) is 38.0 Å². The summed E-state index contributed by atoms with van der Waals surface area (Å²) in [7, 11) is 0. The smallest absolute Gasteiger partial charge is 0.243 e. The van der Waals surface area contributed by atoms with Gasteiger partial charge in [0.2, 0.25) is 11.8 Å². The molecule has 3 aliphatic rings. The number of primary amides is 1. The van der Waals surface area contributed by atoms with Crippen molar-refractivity contribution in [1.82, 2.24) is 4.90 Å². The third kappa shape index (κ3) is 3.14. The molecule has 2 amide bonds. The quantitative estimate of drug-likeness (QED) is 0.848. The van der Waals surface area contributed by atoms with Crippen LogP contribution < -0.4 is 5.73 Å². The van der Waals surface area contributed by atoms with Crippen LogP contribution in [0.15, 0.2) is 0 Å². The molecular weight excluding hydrogens is 306 g/mol. The summed E-state index contributed by atoms with van der Waals surface area (Å²) in [6, 6.07) is 2.33. The molecule has 6 heteroatoms. The predicted molar refractivity (Wildman–Crippen MR) is 87.5 cm³/mol. The Morgan fingerprint density at radius 3 is 2.38 bits per heavy atom. The second kappa shape index (κ2) is 7.10. The molecule has 2 saturated heterocycles. The summed E-state index contributed by atoms with van der Waals surface area (Å²) in [6.45, 7) is 1.89. The molecule has 0 aromatic carbocycles. The van der Waals surface area contributed by atoms with Gasteiger partial charge in [0.15, 0.2) is 0 Å². The Bertz CT molecular complexity index is 528. The van der Waals surface area contributed by atoms with Crippen LogP contribution in [0.1, 0.15) is 51.4 Å². The van der Waals surface area contributed by atoms with E-state index in [9.17, 15) is 14.9 Å². The molecule has 6 nitrogen and oxygen atoms in total. The number of nitriles is 1. The molecule has 3 fully saturated rings. The Balaban J connectivity index is 1.59. The Morgan fingerprint density at radius 1 is 1.12 bits per heavy atom. The summed E-state index contributed by atoms with van der Waals surface area (Å²) in [4.78, 5) is 26.3. The van der Waals surface area contributed by atoms with Crippen molar-refractivity contribution in [3.8, 4) is 6.07 Å². The number of nitrogens with zero attached hydrogens (tertiary/aromatic N) is 2. The van der Waals surface area contributed by atoms with Crippen LogP contribution in [0.2, 0.25) is 0 Å². The minimum atomic E-state index is -0.801. The molecule has 2 atom stereocenters. The van der Waals surface area contributed by atoms with Crippen LogP contribution in [0.25, 0.3) is 0 Å². The molecule has 132 valence electrons. The van der Waals surface area contributed by atoms with Crippen molar-refractivity contribution < 1.29 is 14.3 Å². The molecule has 2 heterocycles. The molecule has 2 aliphatic heterocycles. The molecule has 3 rings (SSSR count). The first-order valence-electron chi connectivity index (χ1n) is 9.19. The van der Waals surface area contributed by atoms with Gasteiger partial charge in [-0.25, -0.2) is 0 Å². The van der Waals surface area contributed by atoms with Gasteiger partial charge in [0.1, 0.15) is 5.41 Å². The fraction of sp³-hybridized carbons (Fsp3) is 0.833. The highest BCUT2D eigenvalue weighted by molar-refractivity contribution is 5.85. The third-order valence-electron chi connectivity index (χ3n) is 6.12. The van der Waals surface area contributed by atoms with Crippen LogP contribution in [0.5, 0.6) is 0 Å². The van der Waals surface area contributed by atoms with Gasteiger partial charge >= 0.3 is 0 Å². The number of hydrogen-bond acceptors (Lipinski definition) is 4. The lowest BCUT2D eigenvalue weighted by molar-refractivity contribution is -0.143. The fourth-order valence-corrected chi connectivity index (χ4v) is 4.64. The van der Waals surface area contributed by atoms with Gasteiger partial charge in [-0.15, -0.1) is 0 Å². The minimum absolute atomic E-state index is 0.0157. The van der Waals surface area contributed by atoms with E-state index in [2.05, 4.69) is 6.07 Å². The Hall–Kier alpha value is -1.61. The highest BCUT2D eigenvalue weighted by Gasteiger charge is 2.45. The van der Waals surface area contributed by atoms with E-state index in [1.807, 2.05) is 4.90 Å². The number of carbonyl (C=O) groups excluding carboxylic acids is 2. The molecule has 2 N–H and O–H groups in total. The van der Waals surface area contributed by atoms with Gasteiger partial charge in [-0.1, -0.05) is 19.3 Å². The second-order valence-electron chi connectivity index (χ2n) is 7.52. The van der Waals surface area contributed by atoms with Gasteiger partial charge in [0.05, 0.1) is 18.1 Å². The largest absolute Gasteiger partial charge is 0.377 e. The number of likely N-dealkylation sites (tertiary alicyclic amines) is 1. The highest BCUT2D eigenvalue weighted by Crippen LogP contribution is 2.39. The molecule has 0 spiro atoms. The van der Waals surface area contributed by atoms with Gasteiger partial charge in [0, 0.05) is 19.7 Å². The van der Waals surface area contributed by atoms with Crippen molar-refractivity contribution in [2.24, 2.45) is 23.0 Å². The zero-order valence-electron chi connectivity index (χ0n) is 14.2. The zero-order chi connectivity index (χ0) is 17.2. The normalized spacial score (nSPS) is 30.7. The summed E-state index contributed by atoms with van der Waals surface area (Å²) in [5.74, 6) is -0.178. The van der Waals surface area contributed by atoms with E-state index in [1.54, 1.807) is 0 Å². The second-order valence-corrected chi connectivity index (χ2v) is 7.52. The number of amides is 2. The van der Waals surface area contributed by atoms with Crippen molar-refractivity contribution in [2.75, 3.05) is 19.7 Å². The van der Waals surface area contributed by atoms with Crippen LogP contribution in [0, 0.1) is 28.6 Å². The number of rotatable bonds is 3.